The molecule has 0 amide bonds. The molecular formula is C21H26N4O2. The van der Waals surface area contributed by atoms with Crippen molar-refractivity contribution in [2.24, 2.45) is 7.05 Å². The molecule has 0 aliphatic heterocycles. The molecule has 6 nitrogen and oxygen atoms in total. The molecule has 6 heteroatoms. The first-order chi connectivity index (χ1) is 13.1. The maximum absolute atomic E-state index is 11.7. The van der Waals surface area contributed by atoms with Crippen LogP contribution in [0, 0.1) is 6.92 Å². The van der Waals surface area contributed by atoms with Gasteiger partial charge in [-0.2, -0.15) is 0 Å². The quantitative estimate of drug-likeness (QED) is 0.534. The number of pyridine rings is 2. The summed E-state index contributed by atoms with van der Waals surface area (Å²) >= 11 is 0. The molecule has 0 spiro atoms. The first-order valence-electron chi connectivity index (χ1n) is 9.24. The lowest BCUT2D eigenvalue weighted by Crippen LogP contribution is -2.22. The van der Waals surface area contributed by atoms with Gasteiger partial charge in [0, 0.05) is 49.2 Å². The highest BCUT2D eigenvalue weighted by Crippen LogP contribution is 2.20. The smallest absolute Gasteiger partial charge is 0.223 e. The SMILES string of the molecule is Cc1cc(=O)c(O)c(CNCCCCNc2ccnc3ccccc23)n1C. The Balaban J connectivity index is 1.43. The Hall–Kier alpha value is -2.86. The Morgan fingerprint density at radius 1 is 1.15 bits per heavy atom. The van der Waals surface area contributed by atoms with Crippen LogP contribution in [0.15, 0.2) is 47.4 Å². The predicted molar refractivity (Wildman–Crippen MR) is 109 cm³/mol. The minimum absolute atomic E-state index is 0.165. The summed E-state index contributed by atoms with van der Waals surface area (Å²) in [4.78, 5) is 16.1. The van der Waals surface area contributed by atoms with E-state index in [0.29, 0.717) is 12.2 Å². The number of nitrogens with one attached hydrogen (secondary N) is 2. The van der Waals surface area contributed by atoms with Crippen LogP contribution < -0.4 is 16.1 Å². The number of nitrogens with zero attached hydrogens (tertiary/aromatic N) is 2. The fourth-order valence-corrected chi connectivity index (χ4v) is 3.13. The highest BCUT2D eigenvalue weighted by molar-refractivity contribution is 5.90. The lowest BCUT2D eigenvalue weighted by molar-refractivity contribution is 0.445. The number of hydrogen-bond donors (Lipinski definition) is 3. The molecule has 3 aromatic rings. The van der Waals surface area contributed by atoms with Gasteiger partial charge in [-0.15, -0.1) is 0 Å². The molecule has 0 unspecified atom stereocenters. The van der Waals surface area contributed by atoms with Crippen molar-refractivity contribution in [1.29, 1.82) is 0 Å². The second-order valence-electron chi connectivity index (χ2n) is 6.69. The number of fused-ring (bicyclic) bond motifs is 1. The van der Waals surface area contributed by atoms with Gasteiger partial charge in [-0.1, -0.05) is 18.2 Å². The Morgan fingerprint density at radius 3 is 2.78 bits per heavy atom. The number of benzene rings is 1. The van der Waals surface area contributed by atoms with E-state index in [1.54, 1.807) is 0 Å². The van der Waals surface area contributed by atoms with Crippen molar-refractivity contribution in [3.63, 3.8) is 0 Å². The number of aryl methyl sites for hydroxylation is 1. The predicted octanol–water partition coefficient (Wildman–Crippen LogP) is 2.93. The molecule has 1 aromatic carbocycles. The lowest BCUT2D eigenvalue weighted by Gasteiger charge is -2.14. The van der Waals surface area contributed by atoms with Crippen LogP contribution in [0.2, 0.25) is 0 Å². The van der Waals surface area contributed by atoms with Crippen molar-refractivity contribution in [3.05, 3.63) is 64.2 Å². The molecule has 0 saturated carbocycles. The van der Waals surface area contributed by atoms with Crippen LogP contribution in [0.3, 0.4) is 0 Å². The second kappa shape index (κ2) is 8.68. The molecular weight excluding hydrogens is 340 g/mol. The van der Waals surface area contributed by atoms with Gasteiger partial charge in [0.25, 0.3) is 0 Å². The van der Waals surface area contributed by atoms with Crippen molar-refractivity contribution in [2.75, 3.05) is 18.4 Å². The average Bonchev–Trinajstić information content (AvgIpc) is 2.68. The van der Waals surface area contributed by atoms with Gasteiger partial charge in [0.15, 0.2) is 5.75 Å². The minimum Gasteiger partial charge on any atom is -0.503 e. The number of aromatic nitrogens is 2. The number of anilines is 1. The zero-order valence-corrected chi connectivity index (χ0v) is 15.8. The molecule has 0 bridgehead atoms. The number of rotatable bonds is 8. The van der Waals surface area contributed by atoms with Gasteiger partial charge >= 0.3 is 0 Å². The van der Waals surface area contributed by atoms with E-state index < -0.39 is 0 Å². The molecule has 0 fully saturated rings. The van der Waals surface area contributed by atoms with Gasteiger partial charge < -0.3 is 20.3 Å². The molecule has 2 heterocycles. The fourth-order valence-electron chi connectivity index (χ4n) is 3.13. The fraction of sp³-hybridized carbons (Fsp3) is 0.333. The Morgan fingerprint density at radius 2 is 1.93 bits per heavy atom. The minimum atomic E-state index is -0.323. The third kappa shape index (κ3) is 4.46. The van der Waals surface area contributed by atoms with Crippen molar-refractivity contribution >= 4 is 16.6 Å². The number of hydrogen-bond acceptors (Lipinski definition) is 5. The van der Waals surface area contributed by atoms with Crippen LogP contribution in [0.5, 0.6) is 5.75 Å². The number of aromatic hydroxyl groups is 1. The Bertz CT molecular complexity index is 976. The lowest BCUT2D eigenvalue weighted by atomic mass is 10.2. The molecule has 3 rings (SSSR count). The summed E-state index contributed by atoms with van der Waals surface area (Å²) in [6, 6.07) is 11.6. The van der Waals surface area contributed by atoms with E-state index in [1.165, 1.54) is 6.07 Å². The van der Waals surface area contributed by atoms with Gasteiger partial charge in [-0.05, 0) is 38.4 Å². The maximum Gasteiger partial charge on any atom is 0.223 e. The molecule has 0 saturated heterocycles. The van der Waals surface area contributed by atoms with Crippen LogP contribution in [-0.2, 0) is 13.6 Å². The molecule has 0 atom stereocenters. The van der Waals surface area contributed by atoms with Crippen LogP contribution in [0.1, 0.15) is 24.2 Å². The molecule has 2 aromatic heterocycles. The zero-order chi connectivity index (χ0) is 19.2. The normalized spacial score (nSPS) is 11.0. The van der Waals surface area contributed by atoms with E-state index in [1.807, 2.05) is 49.0 Å². The standard InChI is InChI=1S/C21H26N4O2/c1-15-13-20(26)21(27)19(25(15)2)14-22-10-5-6-11-23-18-9-12-24-17-8-4-3-7-16(17)18/h3-4,7-9,12-13,22,27H,5-6,10-11,14H2,1-2H3,(H,23,24). The summed E-state index contributed by atoms with van der Waals surface area (Å²) in [6.07, 6.45) is 3.84. The van der Waals surface area contributed by atoms with E-state index in [-0.39, 0.29) is 11.2 Å². The van der Waals surface area contributed by atoms with E-state index in [2.05, 4.69) is 21.7 Å². The molecule has 27 heavy (non-hydrogen) atoms. The van der Waals surface area contributed by atoms with Crippen molar-refractivity contribution in [3.8, 4) is 5.75 Å². The largest absolute Gasteiger partial charge is 0.503 e. The second-order valence-corrected chi connectivity index (χ2v) is 6.69. The third-order valence-corrected chi connectivity index (χ3v) is 4.82. The van der Waals surface area contributed by atoms with Crippen LogP contribution in [0.4, 0.5) is 5.69 Å². The number of unbranched alkanes of at least 4 members (excludes halogenated alkanes) is 1. The summed E-state index contributed by atoms with van der Waals surface area (Å²) in [5, 5.41) is 17.9. The van der Waals surface area contributed by atoms with E-state index in [4.69, 9.17) is 0 Å². The first kappa shape index (κ1) is 18.9. The highest BCUT2D eigenvalue weighted by Gasteiger charge is 2.09. The Kier molecular flexibility index (Phi) is 6.08. The van der Waals surface area contributed by atoms with Crippen molar-refractivity contribution < 1.29 is 5.11 Å². The van der Waals surface area contributed by atoms with Crippen LogP contribution in [0.25, 0.3) is 10.9 Å². The average molecular weight is 366 g/mol. The summed E-state index contributed by atoms with van der Waals surface area (Å²) in [7, 11) is 1.86. The molecule has 0 radical (unpaired) electrons. The molecule has 3 N–H and O–H groups in total. The van der Waals surface area contributed by atoms with Gasteiger partial charge in [0.2, 0.25) is 5.43 Å². The van der Waals surface area contributed by atoms with Crippen LogP contribution >= 0.6 is 0 Å². The van der Waals surface area contributed by atoms with E-state index in [0.717, 1.165) is 48.2 Å². The monoisotopic (exact) mass is 366 g/mol. The summed E-state index contributed by atoms with van der Waals surface area (Å²) < 4.78 is 1.85. The zero-order valence-electron chi connectivity index (χ0n) is 15.8. The van der Waals surface area contributed by atoms with Gasteiger partial charge in [-0.25, -0.2) is 0 Å². The molecule has 0 aliphatic carbocycles. The summed E-state index contributed by atoms with van der Waals surface area (Å²) in [6.45, 7) is 4.03. The van der Waals surface area contributed by atoms with Gasteiger partial charge in [0.1, 0.15) is 0 Å². The topological polar surface area (TPSA) is 79.2 Å². The van der Waals surface area contributed by atoms with Crippen LogP contribution in [-0.4, -0.2) is 27.7 Å². The summed E-state index contributed by atoms with van der Waals surface area (Å²) in [5.74, 6) is -0.165. The van der Waals surface area contributed by atoms with Gasteiger partial charge in [-0.3, -0.25) is 9.78 Å². The van der Waals surface area contributed by atoms with Crippen molar-refractivity contribution in [1.82, 2.24) is 14.9 Å². The van der Waals surface area contributed by atoms with E-state index >= 15 is 0 Å². The van der Waals surface area contributed by atoms with Crippen molar-refractivity contribution in [2.45, 2.75) is 26.3 Å². The first-order valence-corrected chi connectivity index (χ1v) is 9.24. The summed E-state index contributed by atoms with van der Waals surface area (Å²) in [5.41, 5.74) is 3.24. The highest BCUT2D eigenvalue weighted by atomic mass is 16.3. The maximum atomic E-state index is 11.7. The van der Waals surface area contributed by atoms with E-state index in [9.17, 15) is 9.90 Å². The van der Waals surface area contributed by atoms with Gasteiger partial charge in [0.05, 0.1) is 11.2 Å². The molecule has 142 valence electrons. The molecule has 0 aliphatic rings. The number of para-hydroxylation sites is 1. The third-order valence-electron chi connectivity index (χ3n) is 4.82. The Labute approximate surface area is 158 Å².